The summed E-state index contributed by atoms with van der Waals surface area (Å²) in [6, 6.07) is 7.19. The first kappa shape index (κ1) is 16.9. The number of aliphatic hydroxyl groups excluding tert-OH is 1. The molecule has 1 saturated heterocycles. The van der Waals surface area contributed by atoms with Crippen molar-refractivity contribution in [1.29, 1.82) is 0 Å². The van der Waals surface area contributed by atoms with Crippen LogP contribution in [0.1, 0.15) is 25.2 Å². The van der Waals surface area contributed by atoms with E-state index in [1.807, 2.05) is 17.0 Å². The standard InChI is InChI=1S/C17H20ClN3O3/c18-14-5-3-13(4-6-14)17-19-15(24-20-17)7-8-16(23)21-9-1-2-12(10-21)11-22/h3-6,12,22H,1-2,7-11H2. The van der Waals surface area contributed by atoms with Gasteiger partial charge in [0.05, 0.1) is 0 Å². The van der Waals surface area contributed by atoms with Crippen LogP contribution in [0.5, 0.6) is 0 Å². The van der Waals surface area contributed by atoms with Crippen molar-refractivity contribution in [2.75, 3.05) is 19.7 Å². The minimum atomic E-state index is 0.0689. The second-order valence-electron chi connectivity index (χ2n) is 6.05. The Hall–Kier alpha value is -1.92. The summed E-state index contributed by atoms with van der Waals surface area (Å²) >= 11 is 5.86. The summed E-state index contributed by atoms with van der Waals surface area (Å²) < 4.78 is 5.22. The van der Waals surface area contributed by atoms with E-state index in [2.05, 4.69) is 10.1 Å². The highest BCUT2D eigenvalue weighted by Gasteiger charge is 2.23. The van der Waals surface area contributed by atoms with Crippen LogP contribution < -0.4 is 0 Å². The number of hydrogen-bond donors (Lipinski definition) is 1. The van der Waals surface area contributed by atoms with E-state index in [1.165, 1.54) is 0 Å². The van der Waals surface area contributed by atoms with Gasteiger partial charge in [-0.05, 0) is 43.0 Å². The molecule has 7 heteroatoms. The van der Waals surface area contributed by atoms with Crippen LogP contribution in [0.25, 0.3) is 11.4 Å². The van der Waals surface area contributed by atoms with Crippen molar-refractivity contribution in [2.24, 2.45) is 5.92 Å². The van der Waals surface area contributed by atoms with Crippen LogP contribution in [0.2, 0.25) is 5.02 Å². The Kier molecular flexibility index (Phi) is 5.48. The molecule has 1 amide bonds. The number of aliphatic hydroxyl groups is 1. The van der Waals surface area contributed by atoms with Crippen LogP contribution in [0, 0.1) is 5.92 Å². The third-order valence-corrected chi connectivity index (χ3v) is 4.51. The zero-order valence-corrected chi connectivity index (χ0v) is 14.1. The number of benzene rings is 1. The van der Waals surface area contributed by atoms with Crippen molar-refractivity contribution in [2.45, 2.75) is 25.7 Å². The van der Waals surface area contributed by atoms with Crippen molar-refractivity contribution in [1.82, 2.24) is 15.0 Å². The predicted octanol–water partition coefficient (Wildman–Crippen LogP) is 2.55. The smallest absolute Gasteiger partial charge is 0.227 e. The molecule has 1 fully saturated rings. The third-order valence-electron chi connectivity index (χ3n) is 4.25. The Balaban J connectivity index is 1.55. The number of aryl methyl sites for hydroxylation is 1. The molecule has 1 aliphatic heterocycles. The number of rotatable bonds is 5. The first-order chi connectivity index (χ1) is 11.7. The summed E-state index contributed by atoms with van der Waals surface area (Å²) in [4.78, 5) is 18.4. The van der Waals surface area contributed by atoms with E-state index in [4.69, 9.17) is 16.1 Å². The Morgan fingerprint density at radius 3 is 2.92 bits per heavy atom. The van der Waals surface area contributed by atoms with Gasteiger partial charge in [0.25, 0.3) is 0 Å². The van der Waals surface area contributed by atoms with Gasteiger partial charge in [-0.2, -0.15) is 4.98 Å². The molecule has 128 valence electrons. The van der Waals surface area contributed by atoms with E-state index in [1.54, 1.807) is 12.1 Å². The number of likely N-dealkylation sites (tertiary alicyclic amines) is 1. The monoisotopic (exact) mass is 349 g/mol. The maximum Gasteiger partial charge on any atom is 0.227 e. The molecule has 2 aromatic rings. The fraction of sp³-hybridized carbons (Fsp3) is 0.471. The lowest BCUT2D eigenvalue weighted by Crippen LogP contribution is -2.41. The Labute approximate surface area is 145 Å². The maximum atomic E-state index is 12.3. The third kappa shape index (κ3) is 4.13. The number of carbonyl (C=O) groups excluding carboxylic acids is 1. The lowest BCUT2D eigenvalue weighted by molar-refractivity contribution is -0.133. The number of hydrogen-bond acceptors (Lipinski definition) is 5. The van der Waals surface area contributed by atoms with Gasteiger partial charge in [0.2, 0.25) is 17.6 Å². The molecule has 1 unspecified atom stereocenters. The normalized spacial score (nSPS) is 17.9. The summed E-state index contributed by atoms with van der Waals surface area (Å²) in [5, 5.41) is 13.8. The largest absolute Gasteiger partial charge is 0.396 e. The van der Waals surface area contributed by atoms with Crippen LogP contribution >= 0.6 is 11.6 Å². The van der Waals surface area contributed by atoms with Crippen LogP contribution in [0.4, 0.5) is 0 Å². The van der Waals surface area contributed by atoms with E-state index < -0.39 is 0 Å². The number of amides is 1. The minimum Gasteiger partial charge on any atom is -0.396 e. The molecule has 1 aromatic heterocycles. The van der Waals surface area contributed by atoms with Gasteiger partial charge in [0, 0.05) is 43.1 Å². The highest BCUT2D eigenvalue weighted by Crippen LogP contribution is 2.20. The second-order valence-corrected chi connectivity index (χ2v) is 6.49. The Bertz CT molecular complexity index is 687. The lowest BCUT2D eigenvalue weighted by Gasteiger charge is -2.31. The molecular weight excluding hydrogens is 330 g/mol. The van der Waals surface area contributed by atoms with Gasteiger partial charge < -0.3 is 14.5 Å². The van der Waals surface area contributed by atoms with Crippen LogP contribution in [0.3, 0.4) is 0 Å². The highest BCUT2D eigenvalue weighted by atomic mass is 35.5. The fourth-order valence-corrected chi connectivity index (χ4v) is 3.01. The van der Waals surface area contributed by atoms with E-state index in [9.17, 15) is 9.90 Å². The fourth-order valence-electron chi connectivity index (χ4n) is 2.89. The quantitative estimate of drug-likeness (QED) is 0.897. The minimum absolute atomic E-state index is 0.0689. The molecule has 3 rings (SSSR count). The van der Waals surface area contributed by atoms with E-state index in [0.29, 0.717) is 36.1 Å². The van der Waals surface area contributed by atoms with Crippen molar-refractivity contribution in [3.05, 3.63) is 35.2 Å². The van der Waals surface area contributed by atoms with Crippen molar-refractivity contribution < 1.29 is 14.4 Å². The number of piperidine rings is 1. The summed E-state index contributed by atoms with van der Waals surface area (Å²) in [5.41, 5.74) is 0.822. The number of carbonyl (C=O) groups is 1. The molecule has 0 radical (unpaired) electrons. The molecule has 0 aliphatic carbocycles. The molecule has 0 saturated carbocycles. The zero-order valence-electron chi connectivity index (χ0n) is 13.3. The topological polar surface area (TPSA) is 79.5 Å². The second kappa shape index (κ2) is 7.77. The molecule has 0 bridgehead atoms. The van der Waals surface area contributed by atoms with Crippen LogP contribution in [0.15, 0.2) is 28.8 Å². The van der Waals surface area contributed by atoms with Gasteiger partial charge in [0.1, 0.15) is 0 Å². The maximum absolute atomic E-state index is 12.3. The molecule has 1 N–H and O–H groups in total. The number of halogens is 1. The molecule has 0 spiro atoms. The summed E-state index contributed by atoms with van der Waals surface area (Å²) in [6.45, 7) is 1.53. The summed E-state index contributed by atoms with van der Waals surface area (Å²) in [6.07, 6.45) is 2.67. The molecule has 24 heavy (non-hydrogen) atoms. The average molecular weight is 350 g/mol. The Morgan fingerprint density at radius 2 is 2.17 bits per heavy atom. The van der Waals surface area contributed by atoms with Crippen molar-refractivity contribution in [3.8, 4) is 11.4 Å². The van der Waals surface area contributed by atoms with Gasteiger partial charge in [-0.15, -0.1) is 0 Å². The molecule has 1 atom stereocenters. The molecule has 2 heterocycles. The number of nitrogens with zero attached hydrogens (tertiary/aromatic N) is 3. The molecular formula is C17H20ClN3O3. The Morgan fingerprint density at radius 1 is 1.38 bits per heavy atom. The summed E-state index contributed by atoms with van der Waals surface area (Å²) in [5.74, 6) is 1.21. The van der Waals surface area contributed by atoms with Crippen molar-refractivity contribution >= 4 is 17.5 Å². The number of aromatic nitrogens is 2. The van der Waals surface area contributed by atoms with Gasteiger partial charge in [-0.3, -0.25) is 4.79 Å². The first-order valence-corrected chi connectivity index (χ1v) is 8.50. The highest BCUT2D eigenvalue weighted by molar-refractivity contribution is 6.30. The van der Waals surface area contributed by atoms with E-state index in [-0.39, 0.29) is 18.4 Å². The van der Waals surface area contributed by atoms with E-state index in [0.717, 1.165) is 24.9 Å². The molecule has 6 nitrogen and oxygen atoms in total. The average Bonchev–Trinajstić information content (AvgIpc) is 3.09. The predicted molar refractivity (Wildman–Crippen MR) is 89.5 cm³/mol. The molecule has 1 aromatic carbocycles. The van der Waals surface area contributed by atoms with Crippen LogP contribution in [-0.4, -0.2) is 45.8 Å². The van der Waals surface area contributed by atoms with E-state index >= 15 is 0 Å². The van der Waals surface area contributed by atoms with Gasteiger partial charge in [-0.25, -0.2) is 0 Å². The van der Waals surface area contributed by atoms with Gasteiger partial charge in [0.15, 0.2) is 0 Å². The first-order valence-electron chi connectivity index (χ1n) is 8.13. The van der Waals surface area contributed by atoms with Crippen LogP contribution in [-0.2, 0) is 11.2 Å². The molecule has 1 aliphatic rings. The SMILES string of the molecule is O=C(CCc1nc(-c2ccc(Cl)cc2)no1)N1CCCC(CO)C1. The van der Waals surface area contributed by atoms with Gasteiger partial charge in [-0.1, -0.05) is 16.8 Å². The van der Waals surface area contributed by atoms with Gasteiger partial charge >= 0.3 is 0 Å². The lowest BCUT2D eigenvalue weighted by atomic mass is 9.99. The van der Waals surface area contributed by atoms with Crippen molar-refractivity contribution in [3.63, 3.8) is 0 Å². The summed E-state index contributed by atoms with van der Waals surface area (Å²) in [7, 11) is 0. The zero-order chi connectivity index (χ0) is 16.9.